The molecule has 0 amide bonds. The molecule has 1 heterocycles. The van der Waals surface area contributed by atoms with Gasteiger partial charge in [0.25, 0.3) is 0 Å². The van der Waals surface area contributed by atoms with Crippen LogP contribution in [0.5, 0.6) is 0 Å². The number of rotatable bonds is 6. The van der Waals surface area contributed by atoms with E-state index in [1.54, 1.807) is 0 Å². The number of allylic oxidation sites excluding steroid dienone is 8. The first-order chi connectivity index (χ1) is 16.3. The quantitative estimate of drug-likeness (QED) is 0.422. The van der Waals surface area contributed by atoms with E-state index < -0.39 is 0 Å². The van der Waals surface area contributed by atoms with Crippen LogP contribution in [-0.4, -0.2) is 22.7 Å². The van der Waals surface area contributed by atoms with Gasteiger partial charge in [0.2, 0.25) is 0 Å². The zero-order chi connectivity index (χ0) is 24.2. The van der Waals surface area contributed by atoms with Crippen molar-refractivity contribution >= 4 is 0 Å². The molecule has 2 fully saturated rings. The molecule has 0 spiro atoms. The van der Waals surface area contributed by atoms with Crippen LogP contribution in [0, 0.1) is 5.92 Å². The van der Waals surface area contributed by atoms with E-state index in [0.717, 1.165) is 31.8 Å². The molecule has 1 aromatic carbocycles. The first-order valence-electron chi connectivity index (χ1n) is 13.5. The van der Waals surface area contributed by atoms with Crippen LogP contribution < -0.4 is 0 Å². The average Bonchev–Trinajstić information content (AvgIpc) is 3.09. The van der Waals surface area contributed by atoms with E-state index in [9.17, 15) is 0 Å². The molecule has 0 N–H and O–H groups in total. The summed E-state index contributed by atoms with van der Waals surface area (Å²) in [5.74, 6) is 2.02. The Balaban J connectivity index is 1.35. The van der Waals surface area contributed by atoms with E-state index in [0.29, 0.717) is 11.8 Å². The molecule has 1 saturated carbocycles. The third kappa shape index (κ3) is 6.01. The normalized spacial score (nSPS) is 27.6. The molecule has 1 saturated heterocycles. The highest BCUT2D eigenvalue weighted by Gasteiger charge is 2.46. The van der Waals surface area contributed by atoms with E-state index in [-0.39, 0.29) is 11.1 Å². The number of benzene rings is 1. The fraction of sp³-hybridized carbons (Fsp3) is 0.562. The van der Waals surface area contributed by atoms with Gasteiger partial charge in [0, 0.05) is 11.1 Å². The fourth-order valence-electron chi connectivity index (χ4n) is 6.62. The van der Waals surface area contributed by atoms with Crippen LogP contribution in [0.3, 0.4) is 0 Å². The lowest BCUT2D eigenvalue weighted by atomic mass is 9.72. The maximum atomic E-state index is 6.08. The van der Waals surface area contributed by atoms with Gasteiger partial charge in [-0.25, -0.2) is 0 Å². The van der Waals surface area contributed by atoms with Crippen LogP contribution in [-0.2, 0) is 4.84 Å². The molecule has 0 aromatic heterocycles. The minimum absolute atomic E-state index is 0.0336. The summed E-state index contributed by atoms with van der Waals surface area (Å²) in [6.45, 7) is 12.1. The average molecular weight is 460 g/mol. The van der Waals surface area contributed by atoms with Gasteiger partial charge in [-0.15, -0.1) is 0 Å². The van der Waals surface area contributed by atoms with Gasteiger partial charge < -0.3 is 0 Å². The maximum Gasteiger partial charge on any atom is 0.0657 e. The number of hydrogen-bond acceptors (Lipinski definition) is 2. The van der Waals surface area contributed by atoms with E-state index in [1.807, 2.05) is 0 Å². The summed E-state index contributed by atoms with van der Waals surface area (Å²) >= 11 is 0. The third-order valence-electron chi connectivity index (χ3n) is 8.07. The Kier molecular flexibility index (Phi) is 8.00. The molecule has 1 aromatic rings. The van der Waals surface area contributed by atoms with Crippen molar-refractivity contribution in [3.05, 3.63) is 83.5 Å². The van der Waals surface area contributed by atoms with Crippen molar-refractivity contribution in [1.82, 2.24) is 5.06 Å². The first-order valence-corrected chi connectivity index (χ1v) is 13.5. The molecular formula is C32H45NO. The predicted molar refractivity (Wildman–Crippen MR) is 145 cm³/mol. The standard InChI is InChI=1S/C32H45NO/c1-6-34-33-31(2,3)23-30(24-32(33,4)5)29-21-19-28(20-22-29)27-17-15-26(16-18-27)14-13-25-11-9-7-8-10-12-25/h7,9-14,19-22,26-27,30H,6,8,15-18,23-24H2,1-5H3/b14-13+. The van der Waals surface area contributed by atoms with E-state index in [4.69, 9.17) is 4.84 Å². The molecule has 2 aliphatic carbocycles. The highest BCUT2D eigenvalue weighted by Crippen LogP contribution is 2.46. The van der Waals surface area contributed by atoms with Crippen molar-refractivity contribution < 1.29 is 4.84 Å². The van der Waals surface area contributed by atoms with Crippen molar-refractivity contribution in [2.24, 2.45) is 5.92 Å². The van der Waals surface area contributed by atoms with Crippen LogP contribution in [0.2, 0.25) is 0 Å². The number of nitrogens with zero attached hydrogens (tertiary/aromatic N) is 1. The van der Waals surface area contributed by atoms with Gasteiger partial charge in [0.05, 0.1) is 6.61 Å². The summed E-state index contributed by atoms with van der Waals surface area (Å²) in [4.78, 5) is 6.08. The molecule has 2 heteroatoms. The van der Waals surface area contributed by atoms with Gasteiger partial charge in [-0.1, -0.05) is 66.8 Å². The third-order valence-corrected chi connectivity index (χ3v) is 8.07. The van der Waals surface area contributed by atoms with Gasteiger partial charge in [-0.05, 0) is 114 Å². The molecule has 0 radical (unpaired) electrons. The molecule has 0 bridgehead atoms. The van der Waals surface area contributed by atoms with Gasteiger partial charge in [-0.2, -0.15) is 5.06 Å². The Morgan fingerprint density at radius 1 is 0.882 bits per heavy atom. The van der Waals surface area contributed by atoms with E-state index >= 15 is 0 Å². The van der Waals surface area contributed by atoms with E-state index in [2.05, 4.69) is 106 Å². The molecule has 3 aliphatic rings. The summed E-state index contributed by atoms with van der Waals surface area (Å²) in [6, 6.07) is 9.71. The zero-order valence-corrected chi connectivity index (χ0v) is 22.1. The first kappa shape index (κ1) is 25.2. The molecule has 2 nitrogen and oxygen atoms in total. The largest absolute Gasteiger partial charge is 0.298 e. The summed E-state index contributed by atoms with van der Waals surface area (Å²) in [7, 11) is 0. The summed E-state index contributed by atoms with van der Waals surface area (Å²) in [6.07, 6.45) is 24.4. The van der Waals surface area contributed by atoms with Gasteiger partial charge >= 0.3 is 0 Å². The smallest absolute Gasteiger partial charge is 0.0657 e. The van der Waals surface area contributed by atoms with Gasteiger partial charge in [0.15, 0.2) is 0 Å². The van der Waals surface area contributed by atoms with Crippen molar-refractivity contribution in [2.45, 2.75) is 102 Å². The second kappa shape index (κ2) is 10.8. The minimum Gasteiger partial charge on any atom is -0.298 e. The molecule has 184 valence electrons. The second-order valence-corrected chi connectivity index (χ2v) is 11.8. The van der Waals surface area contributed by atoms with Crippen molar-refractivity contribution in [2.75, 3.05) is 6.61 Å². The van der Waals surface area contributed by atoms with Gasteiger partial charge in [-0.3, -0.25) is 4.84 Å². The lowest BCUT2D eigenvalue weighted by molar-refractivity contribution is -0.280. The van der Waals surface area contributed by atoms with Crippen LogP contribution in [0.1, 0.15) is 103 Å². The Morgan fingerprint density at radius 3 is 2.12 bits per heavy atom. The van der Waals surface area contributed by atoms with Crippen molar-refractivity contribution in [3.8, 4) is 0 Å². The van der Waals surface area contributed by atoms with Crippen molar-refractivity contribution in [1.29, 1.82) is 0 Å². The van der Waals surface area contributed by atoms with Crippen LogP contribution >= 0.6 is 0 Å². The molecule has 1 aliphatic heterocycles. The second-order valence-electron chi connectivity index (χ2n) is 11.8. The lowest BCUT2D eigenvalue weighted by Gasteiger charge is -2.54. The SMILES string of the molecule is CCON1C(C)(C)CC(c2ccc(C3CCC(/C=C/C4=CC=CCC=C4)CC3)cc2)CC1(C)C. The molecule has 34 heavy (non-hydrogen) atoms. The Hall–Kier alpha value is -1.90. The summed E-state index contributed by atoms with van der Waals surface area (Å²) < 4.78 is 0. The molecular weight excluding hydrogens is 414 g/mol. The molecule has 4 rings (SSSR count). The topological polar surface area (TPSA) is 12.5 Å². The van der Waals surface area contributed by atoms with Crippen LogP contribution in [0.4, 0.5) is 0 Å². The Bertz CT molecular complexity index is 904. The maximum absolute atomic E-state index is 6.08. The predicted octanol–water partition coefficient (Wildman–Crippen LogP) is 8.65. The summed E-state index contributed by atoms with van der Waals surface area (Å²) in [5, 5.41) is 2.26. The number of hydroxylamine groups is 2. The summed E-state index contributed by atoms with van der Waals surface area (Å²) in [5.41, 5.74) is 4.43. The zero-order valence-electron chi connectivity index (χ0n) is 22.1. The lowest BCUT2D eigenvalue weighted by Crippen LogP contribution is -2.59. The Labute approximate surface area is 208 Å². The van der Waals surface area contributed by atoms with Gasteiger partial charge in [0.1, 0.15) is 0 Å². The minimum atomic E-state index is 0.0336. The number of piperidine rings is 1. The van der Waals surface area contributed by atoms with E-state index in [1.165, 1.54) is 42.4 Å². The molecule has 0 atom stereocenters. The van der Waals surface area contributed by atoms with Crippen molar-refractivity contribution in [3.63, 3.8) is 0 Å². The number of hydrogen-bond donors (Lipinski definition) is 0. The highest BCUT2D eigenvalue weighted by atomic mass is 16.7. The molecule has 0 unspecified atom stereocenters. The monoisotopic (exact) mass is 459 g/mol. The fourth-order valence-corrected chi connectivity index (χ4v) is 6.62. The Morgan fingerprint density at radius 2 is 1.50 bits per heavy atom. The van der Waals surface area contributed by atoms with Crippen LogP contribution in [0.25, 0.3) is 0 Å². The highest BCUT2D eigenvalue weighted by molar-refractivity contribution is 5.36. The van der Waals surface area contributed by atoms with Crippen LogP contribution in [0.15, 0.2) is 72.4 Å².